The number of hydrogen-bond donors (Lipinski definition) is 2. The van der Waals surface area contributed by atoms with E-state index < -0.39 is 0 Å². The molecule has 2 N–H and O–H groups in total. The first-order valence-corrected chi connectivity index (χ1v) is 5.83. The first kappa shape index (κ1) is 12.1. The number of pyridine rings is 1. The average molecular weight is 241 g/mol. The summed E-state index contributed by atoms with van der Waals surface area (Å²) in [5.41, 5.74) is 1.90. The van der Waals surface area contributed by atoms with Crippen molar-refractivity contribution in [1.29, 1.82) is 0 Å². The molecule has 4 nitrogen and oxygen atoms in total. The Morgan fingerprint density at radius 1 is 1.11 bits per heavy atom. The van der Waals surface area contributed by atoms with E-state index in [9.17, 15) is 4.79 Å². The summed E-state index contributed by atoms with van der Waals surface area (Å²) >= 11 is 0. The van der Waals surface area contributed by atoms with Crippen molar-refractivity contribution in [3.8, 4) is 0 Å². The third-order valence-corrected chi connectivity index (χ3v) is 2.45. The van der Waals surface area contributed by atoms with E-state index in [4.69, 9.17) is 0 Å². The van der Waals surface area contributed by atoms with Gasteiger partial charge in [-0.05, 0) is 30.2 Å². The zero-order chi connectivity index (χ0) is 12.6. The van der Waals surface area contributed by atoms with Crippen molar-refractivity contribution in [2.45, 2.75) is 6.42 Å². The highest BCUT2D eigenvalue weighted by atomic mass is 16.2. The maximum absolute atomic E-state index is 11.6. The van der Waals surface area contributed by atoms with Crippen molar-refractivity contribution in [3.05, 3.63) is 60.4 Å². The van der Waals surface area contributed by atoms with Gasteiger partial charge in [0.05, 0.1) is 0 Å². The van der Waals surface area contributed by atoms with E-state index in [1.807, 2.05) is 42.5 Å². The van der Waals surface area contributed by atoms with Crippen LogP contribution in [0.3, 0.4) is 0 Å². The Morgan fingerprint density at radius 2 is 1.94 bits per heavy atom. The maximum Gasteiger partial charge on any atom is 0.319 e. The van der Waals surface area contributed by atoms with E-state index in [2.05, 4.69) is 15.6 Å². The van der Waals surface area contributed by atoms with Gasteiger partial charge in [-0.15, -0.1) is 0 Å². The number of urea groups is 1. The first-order chi connectivity index (χ1) is 8.84. The van der Waals surface area contributed by atoms with Crippen LogP contribution in [0.5, 0.6) is 0 Å². The highest BCUT2D eigenvalue weighted by Crippen LogP contribution is 2.04. The van der Waals surface area contributed by atoms with Crippen LogP contribution in [0.4, 0.5) is 10.5 Å². The summed E-state index contributed by atoms with van der Waals surface area (Å²) in [5, 5.41) is 5.56. The van der Waals surface area contributed by atoms with E-state index in [0.29, 0.717) is 6.54 Å². The molecule has 0 aliphatic carbocycles. The lowest BCUT2D eigenvalue weighted by atomic mass is 10.2. The van der Waals surface area contributed by atoms with Crippen LogP contribution in [0.25, 0.3) is 0 Å². The molecule has 0 aliphatic heterocycles. The number of para-hydroxylation sites is 1. The summed E-state index contributed by atoms with van der Waals surface area (Å²) in [4.78, 5) is 15.6. The largest absolute Gasteiger partial charge is 0.338 e. The van der Waals surface area contributed by atoms with Gasteiger partial charge in [0.1, 0.15) is 0 Å². The number of aromatic nitrogens is 1. The van der Waals surface area contributed by atoms with Crippen LogP contribution < -0.4 is 10.6 Å². The Morgan fingerprint density at radius 3 is 2.67 bits per heavy atom. The molecule has 0 atom stereocenters. The van der Waals surface area contributed by atoms with Gasteiger partial charge in [0.25, 0.3) is 0 Å². The van der Waals surface area contributed by atoms with E-state index in [0.717, 1.165) is 17.7 Å². The molecule has 2 aromatic rings. The van der Waals surface area contributed by atoms with Gasteiger partial charge in [-0.1, -0.05) is 24.3 Å². The van der Waals surface area contributed by atoms with Gasteiger partial charge in [-0.3, -0.25) is 4.98 Å². The predicted octanol–water partition coefficient (Wildman–Crippen LogP) is 2.45. The summed E-state index contributed by atoms with van der Waals surface area (Å²) in [7, 11) is 0. The number of rotatable bonds is 4. The lowest BCUT2D eigenvalue weighted by Gasteiger charge is -2.07. The SMILES string of the molecule is O=C(NCCc1cccnc1)Nc1ccccc1. The normalized spacial score (nSPS) is 9.78. The number of benzene rings is 1. The van der Waals surface area contributed by atoms with E-state index in [1.165, 1.54) is 0 Å². The van der Waals surface area contributed by atoms with E-state index in [1.54, 1.807) is 12.4 Å². The predicted molar refractivity (Wildman–Crippen MR) is 71.4 cm³/mol. The molecule has 0 aliphatic rings. The fraction of sp³-hybridized carbons (Fsp3) is 0.143. The monoisotopic (exact) mass is 241 g/mol. The molecule has 1 heterocycles. The number of amides is 2. The van der Waals surface area contributed by atoms with Gasteiger partial charge in [0.15, 0.2) is 0 Å². The molecule has 0 fully saturated rings. The van der Waals surface area contributed by atoms with Crippen molar-refractivity contribution >= 4 is 11.7 Å². The highest BCUT2D eigenvalue weighted by Gasteiger charge is 2.00. The number of anilines is 1. The Bertz CT molecular complexity index is 485. The van der Waals surface area contributed by atoms with Crippen LogP contribution in [0, 0.1) is 0 Å². The molecule has 0 radical (unpaired) electrons. The zero-order valence-corrected chi connectivity index (χ0v) is 9.97. The Labute approximate surface area is 106 Å². The van der Waals surface area contributed by atoms with Crippen molar-refractivity contribution in [2.24, 2.45) is 0 Å². The topological polar surface area (TPSA) is 54.0 Å². The molecule has 92 valence electrons. The third kappa shape index (κ3) is 3.90. The molecule has 18 heavy (non-hydrogen) atoms. The minimum absolute atomic E-state index is 0.190. The molecule has 1 aromatic carbocycles. The molecule has 0 unspecified atom stereocenters. The third-order valence-electron chi connectivity index (χ3n) is 2.45. The maximum atomic E-state index is 11.6. The van der Waals surface area contributed by atoms with Crippen LogP contribution in [0.2, 0.25) is 0 Å². The smallest absolute Gasteiger partial charge is 0.319 e. The molecule has 2 rings (SSSR count). The van der Waals surface area contributed by atoms with Gasteiger partial charge in [-0.2, -0.15) is 0 Å². The number of nitrogens with one attached hydrogen (secondary N) is 2. The van der Waals surface area contributed by atoms with Gasteiger partial charge >= 0.3 is 6.03 Å². The fourth-order valence-electron chi connectivity index (χ4n) is 1.56. The number of nitrogens with zero attached hydrogens (tertiary/aromatic N) is 1. The molecule has 0 spiro atoms. The minimum atomic E-state index is -0.190. The molecule has 0 bridgehead atoms. The summed E-state index contributed by atoms with van der Waals surface area (Å²) in [6.07, 6.45) is 4.31. The van der Waals surface area contributed by atoms with Crippen molar-refractivity contribution < 1.29 is 4.79 Å². The average Bonchev–Trinajstić information content (AvgIpc) is 2.41. The molecule has 4 heteroatoms. The summed E-state index contributed by atoms with van der Waals surface area (Å²) in [6, 6.07) is 13.1. The van der Waals surface area contributed by atoms with Gasteiger partial charge < -0.3 is 10.6 Å². The Hall–Kier alpha value is -2.36. The summed E-state index contributed by atoms with van der Waals surface area (Å²) in [6.45, 7) is 0.588. The van der Waals surface area contributed by atoms with Gasteiger partial charge in [0.2, 0.25) is 0 Å². The van der Waals surface area contributed by atoms with E-state index in [-0.39, 0.29) is 6.03 Å². The molecule has 0 saturated heterocycles. The summed E-state index contributed by atoms with van der Waals surface area (Å²) in [5.74, 6) is 0. The van der Waals surface area contributed by atoms with Gasteiger partial charge in [-0.25, -0.2) is 4.79 Å². The van der Waals surface area contributed by atoms with Crippen molar-refractivity contribution in [2.75, 3.05) is 11.9 Å². The standard InChI is InChI=1S/C14H15N3O/c18-14(17-13-6-2-1-3-7-13)16-10-8-12-5-4-9-15-11-12/h1-7,9,11H,8,10H2,(H2,16,17,18). The van der Waals surface area contributed by atoms with Crippen LogP contribution in [0.1, 0.15) is 5.56 Å². The molecule has 1 aromatic heterocycles. The molecule has 2 amide bonds. The van der Waals surface area contributed by atoms with Crippen LogP contribution in [-0.4, -0.2) is 17.6 Å². The Kier molecular flexibility index (Phi) is 4.30. The minimum Gasteiger partial charge on any atom is -0.338 e. The second kappa shape index (κ2) is 6.39. The quantitative estimate of drug-likeness (QED) is 0.863. The highest BCUT2D eigenvalue weighted by molar-refractivity contribution is 5.89. The van der Waals surface area contributed by atoms with Crippen LogP contribution >= 0.6 is 0 Å². The Balaban J connectivity index is 1.73. The number of carbonyl (C=O) groups is 1. The van der Waals surface area contributed by atoms with Gasteiger partial charge in [0, 0.05) is 24.6 Å². The summed E-state index contributed by atoms with van der Waals surface area (Å²) < 4.78 is 0. The zero-order valence-electron chi connectivity index (χ0n) is 9.97. The number of carbonyl (C=O) groups excluding carboxylic acids is 1. The second-order valence-electron chi connectivity index (χ2n) is 3.86. The lowest BCUT2D eigenvalue weighted by molar-refractivity contribution is 0.252. The first-order valence-electron chi connectivity index (χ1n) is 5.83. The van der Waals surface area contributed by atoms with Crippen molar-refractivity contribution in [3.63, 3.8) is 0 Å². The van der Waals surface area contributed by atoms with Crippen molar-refractivity contribution in [1.82, 2.24) is 10.3 Å². The number of hydrogen-bond acceptors (Lipinski definition) is 2. The lowest BCUT2D eigenvalue weighted by Crippen LogP contribution is -2.30. The molecular weight excluding hydrogens is 226 g/mol. The van der Waals surface area contributed by atoms with Crippen LogP contribution in [0.15, 0.2) is 54.9 Å². The van der Waals surface area contributed by atoms with E-state index >= 15 is 0 Å². The fourth-order valence-corrected chi connectivity index (χ4v) is 1.56. The second-order valence-corrected chi connectivity index (χ2v) is 3.86. The molecular formula is C14H15N3O. The molecule has 0 saturated carbocycles. The van der Waals surface area contributed by atoms with Crippen LogP contribution in [-0.2, 0) is 6.42 Å².